The molecule has 0 saturated carbocycles. The van der Waals surface area contributed by atoms with E-state index in [0.29, 0.717) is 12.4 Å². The van der Waals surface area contributed by atoms with Gasteiger partial charge < -0.3 is 10.5 Å². The van der Waals surface area contributed by atoms with E-state index in [1.165, 1.54) is 0 Å². The Balaban J connectivity index is 2.72. The molecular weight excluding hydrogens is 152 g/mol. The molecule has 0 aromatic carbocycles. The highest BCUT2D eigenvalue weighted by Crippen LogP contribution is 2.09. The Labute approximate surface area is 72.6 Å². The lowest BCUT2D eigenvalue weighted by Gasteiger charge is -2.08. The monoisotopic (exact) mass is 166 g/mol. The third-order valence-corrected chi connectivity index (χ3v) is 1.39. The minimum Gasteiger partial charge on any atom is -0.475 e. The van der Waals surface area contributed by atoms with Crippen LogP contribution in [0.5, 0.6) is 5.88 Å². The van der Waals surface area contributed by atoms with Gasteiger partial charge in [-0.3, -0.25) is 0 Å². The van der Waals surface area contributed by atoms with E-state index in [2.05, 4.69) is 4.98 Å². The van der Waals surface area contributed by atoms with E-state index in [-0.39, 0.29) is 6.10 Å². The Morgan fingerprint density at radius 1 is 1.58 bits per heavy atom. The summed E-state index contributed by atoms with van der Waals surface area (Å²) in [5.41, 5.74) is 6.51. The topological polar surface area (TPSA) is 48.1 Å². The predicted molar refractivity (Wildman–Crippen MR) is 47.9 cm³/mol. The van der Waals surface area contributed by atoms with Crippen LogP contribution in [0.15, 0.2) is 18.3 Å². The van der Waals surface area contributed by atoms with E-state index in [9.17, 15) is 0 Å². The van der Waals surface area contributed by atoms with Crippen molar-refractivity contribution < 1.29 is 4.74 Å². The first kappa shape index (κ1) is 9.00. The van der Waals surface area contributed by atoms with E-state index in [0.717, 1.165) is 5.56 Å². The van der Waals surface area contributed by atoms with Gasteiger partial charge in [-0.2, -0.15) is 0 Å². The summed E-state index contributed by atoms with van der Waals surface area (Å²) in [6, 6.07) is 3.74. The van der Waals surface area contributed by atoms with Gasteiger partial charge in [0, 0.05) is 18.8 Å². The number of nitrogens with two attached hydrogens (primary N) is 1. The molecule has 0 radical (unpaired) electrons. The fourth-order valence-corrected chi connectivity index (χ4v) is 0.883. The normalized spacial score (nSPS) is 10.3. The highest BCUT2D eigenvalue weighted by molar-refractivity contribution is 5.20. The molecule has 1 heterocycles. The predicted octanol–water partition coefficient (Wildman–Crippen LogP) is 1.33. The van der Waals surface area contributed by atoms with Crippen LogP contribution < -0.4 is 10.5 Å². The largest absolute Gasteiger partial charge is 0.475 e. The summed E-state index contributed by atoms with van der Waals surface area (Å²) in [5, 5.41) is 0. The molecule has 0 saturated heterocycles. The maximum absolute atomic E-state index is 5.47. The van der Waals surface area contributed by atoms with Gasteiger partial charge in [0.15, 0.2) is 0 Å². The number of ether oxygens (including phenoxy) is 1. The molecular formula is C9H14N2O. The molecule has 1 aromatic heterocycles. The molecule has 1 rings (SSSR count). The van der Waals surface area contributed by atoms with Gasteiger partial charge >= 0.3 is 0 Å². The Bertz CT molecular complexity index is 248. The highest BCUT2D eigenvalue weighted by atomic mass is 16.5. The Morgan fingerprint density at radius 2 is 2.33 bits per heavy atom. The number of pyridine rings is 1. The molecule has 2 N–H and O–H groups in total. The molecule has 0 aliphatic rings. The second-order valence-electron chi connectivity index (χ2n) is 2.87. The van der Waals surface area contributed by atoms with Crippen molar-refractivity contribution in [3.8, 4) is 5.88 Å². The average molecular weight is 166 g/mol. The number of hydrogen-bond donors (Lipinski definition) is 1. The van der Waals surface area contributed by atoms with Gasteiger partial charge in [0.25, 0.3) is 0 Å². The summed E-state index contributed by atoms with van der Waals surface area (Å²) >= 11 is 0. The van der Waals surface area contributed by atoms with E-state index >= 15 is 0 Å². The molecule has 12 heavy (non-hydrogen) atoms. The summed E-state index contributed by atoms with van der Waals surface area (Å²) in [6.45, 7) is 4.46. The van der Waals surface area contributed by atoms with Crippen molar-refractivity contribution in [2.45, 2.75) is 26.5 Å². The molecule has 0 amide bonds. The quantitative estimate of drug-likeness (QED) is 0.736. The van der Waals surface area contributed by atoms with E-state index in [1.807, 2.05) is 26.0 Å². The van der Waals surface area contributed by atoms with Crippen LogP contribution in [0.4, 0.5) is 0 Å². The lowest BCUT2D eigenvalue weighted by atomic mass is 10.3. The Hall–Kier alpha value is -1.09. The maximum Gasteiger partial charge on any atom is 0.213 e. The first-order chi connectivity index (χ1) is 5.72. The van der Waals surface area contributed by atoms with E-state index in [4.69, 9.17) is 10.5 Å². The van der Waals surface area contributed by atoms with Crippen LogP contribution in [-0.2, 0) is 6.54 Å². The first-order valence-corrected chi connectivity index (χ1v) is 4.04. The number of nitrogens with zero attached hydrogens (tertiary/aromatic N) is 1. The molecule has 66 valence electrons. The summed E-state index contributed by atoms with van der Waals surface area (Å²) in [6.07, 6.45) is 1.87. The second-order valence-corrected chi connectivity index (χ2v) is 2.87. The second kappa shape index (κ2) is 4.07. The van der Waals surface area contributed by atoms with Crippen molar-refractivity contribution in [3.05, 3.63) is 23.9 Å². The van der Waals surface area contributed by atoms with Gasteiger partial charge in [-0.1, -0.05) is 0 Å². The van der Waals surface area contributed by atoms with Crippen LogP contribution >= 0.6 is 0 Å². The smallest absolute Gasteiger partial charge is 0.213 e. The zero-order chi connectivity index (χ0) is 8.97. The maximum atomic E-state index is 5.47. The Kier molecular flexibility index (Phi) is 3.05. The number of rotatable bonds is 3. The first-order valence-electron chi connectivity index (χ1n) is 4.04. The van der Waals surface area contributed by atoms with Crippen molar-refractivity contribution >= 4 is 0 Å². The standard InChI is InChI=1S/C9H14N2O/c1-7(2)12-9-5-8(6-10)3-4-11-9/h3-5,7H,6,10H2,1-2H3. The minimum atomic E-state index is 0.158. The fraction of sp³-hybridized carbons (Fsp3) is 0.444. The average Bonchev–Trinajstić information content (AvgIpc) is 2.03. The van der Waals surface area contributed by atoms with Crippen LogP contribution in [0, 0.1) is 0 Å². The highest BCUT2D eigenvalue weighted by Gasteiger charge is 1.98. The number of hydrogen-bond acceptors (Lipinski definition) is 3. The third kappa shape index (κ3) is 2.51. The molecule has 3 nitrogen and oxygen atoms in total. The lowest BCUT2D eigenvalue weighted by Crippen LogP contribution is -2.07. The van der Waals surface area contributed by atoms with Crippen LogP contribution in [0.3, 0.4) is 0 Å². The third-order valence-electron chi connectivity index (χ3n) is 1.39. The minimum absolute atomic E-state index is 0.158. The number of aromatic nitrogens is 1. The van der Waals surface area contributed by atoms with Crippen LogP contribution in [0.25, 0.3) is 0 Å². The molecule has 0 spiro atoms. The van der Waals surface area contributed by atoms with Gasteiger partial charge in [0.05, 0.1) is 6.10 Å². The fourth-order valence-electron chi connectivity index (χ4n) is 0.883. The van der Waals surface area contributed by atoms with E-state index in [1.54, 1.807) is 6.20 Å². The van der Waals surface area contributed by atoms with Crippen LogP contribution in [0.1, 0.15) is 19.4 Å². The Morgan fingerprint density at radius 3 is 2.92 bits per heavy atom. The van der Waals surface area contributed by atoms with Crippen LogP contribution in [0.2, 0.25) is 0 Å². The lowest BCUT2D eigenvalue weighted by molar-refractivity contribution is 0.232. The summed E-state index contributed by atoms with van der Waals surface area (Å²) in [4.78, 5) is 4.05. The van der Waals surface area contributed by atoms with Crippen molar-refractivity contribution in [1.82, 2.24) is 4.98 Å². The van der Waals surface area contributed by atoms with Gasteiger partial charge in [0.2, 0.25) is 5.88 Å². The summed E-state index contributed by atoms with van der Waals surface area (Å²) in [7, 11) is 0. The van der Waals surface area contributed by atoms with Gasteiger partial charge in [-0.25, -0.2) is 4.98 Å². The van der Waals surface area contributed by atoms with Crippen molar-refractivity contribution in [2.24, 2.45) is 5.73 Å². The molecule has 0 unspecified atom stereocenters. The molecule has 0 aliphatic heterocycles. The summed E-state index contributed by atoms with van der Waals surface area (Å²) in [5.74, 6) is 0.646. The zero-order valence-electron chi connectivity index (χ0n) is 7.45. The van der Waals surface area contributed by atoms with Gasteiger partial charge in [-0.05, 0) is 25.5 Å². The molecule has 3 heteroatoms. The van der Waals surface area contributed by atoms with Gasteiger partial charge in [0.1, 0.15) is 0 Å². The van der Waals surface area contributed by atoms with Crippen molar-refractivity contribution in [3.63, 3.8) is 0 Å². The SMILES string of the molecule is CC(C)Oc1cc(CN)ccn1. The molecule has 0 fully saturated rings. The molecule has 1 aromatic rings. The molecule has 0 aliphatic carbocycles. The van der Waals surface area contributed by atoms with Crippen molar-refractivity contribution in [2.75, 3.05) is 0 Å². The zero-order valence-corrected chi connectivity index (χ0v) is 7.45. The van der Waals surface area contributed by atoms with Gasteiger partial charge in [-0.15, -0.1) is 0 Å². The summed E-state index contributed by atoms with van der Waals surface area (Å²) < 4.78 is 5.39. The molecule has 0 bridgehead atoms. The van der Waals surface area contributed by atoms with Crippen LogP contribution in [-0.4, -0.2) is 11.1 Å². The molecule has 0 atom stereocenters. The van der Waals surface area contributed by atoms with Crippen molar-refractivity contribution in [1.29, 1.82) is 0 Å². The van der Waals surface area contributed by atoms with E-state index < -0.39 is 0 Å².